The van der Waals surface area contributed by atoms with Crippen LogP contribution in [-0.2, 0) is 13.0 Å². The van der Waals surface area contributed by atoms with Gasteiger partial charge < -0.3 is 14.0 Å². The Balaban J connectivity index is 1.85. The van der Waals surface area contributed by atoms with Crippen molar-refractivity contribution >= 4 is 5.78 Å². The van der Waals surface area contributed by atoms with E-state index in [0.717, 1.165) is 58.8 Å². The zero-order chi connectivity index (χ0) is 19.5. The Hall–Kier alpha value is -3.01. The number of nitrogens with zero attached hydrogens (tertiary/aromatic N) is 1. The van der Waals surface area contributed by atoms with Gasteiger partial charge in [-0.3, -0.25) is 4.79 Å². The summed E-state index contributed by atoms with van der Waals surface area (Å²) in [6.45, 7) is 0.653. The van der Waals surface area contributed by atoms with Crippen molar-refractivity contribution in [1.82, 2.24) is 4.57 Å². The van der Waals surface area contributed by atoms with Gasteiger partial charge in [0, 0.05) is 35.0 Å². The highest BCUT2D eigenvalue weighted by Crippen LogP contribution is 2.33. The van der Waals surface area contributed by atoms with Crippen molar-refractivity contribution in [3.8, 4) is 22.8 Å². The standard InChI is InChI=1S/C24H25NO3/c1-27-19-13-12-18(24(14-19)28-2)16-25-21-10-6-7-11-23(26)20(21)15-22(25)17-8-4-3-5-9-17/h3-5,8-9,12-15H,6-7,10-11,16H2,1-2H3. The largest absolute Gasteiger partial charge is 0.497 e. The molecule has 144 valence electrons. The number of hydrogen-bond acceptors (Lipinski definition) is 3. The Labute approximate surface area is 165 Å². The summed E-state index contributed by atoms with van der Waals surface area (Å²) in [5, 5.41) is 0. The maximum absolute atomic E-state index is 12.7. The van der Waals surface area contributed by atoms with E-state index in [1.165, 1.54) is 0 Å². The molecular weight excluding hydrogens is 350 g/mol. The third-order valence-electron chi connectivity index (χ3n) is 5.47. The van der Waals surface area contributed by atoms with Crippen LogP contribution in [0, 0.1) is 0 Å². The molecule has 0 unspecified atom stereocenters. The predicted molar refractivity (Wildman–Crippen MR) is 110 cm³/mol. The van der Waals surface area contributed by atoms with Crippen LogP contribution >= 0.6 is 0 Å². The molecule has 0 saturated heterocycles. The molecule has 0 N–H and O–H groups in total. The van der Waals surface area contributed by atoms with Gasteiger partial charge in [-0.05, 0) is 43.0 Å². The number of hydrogen-bond donors (Lipinski definition) is 0. The second-order valence-corrected chi connectivity index (χ2v) is 7.15. The lowest BCUT2D eigenvalue weighted by Gasteiger charge is -2.17. The molecule has 0 fully saturated rings. The van der Waals surface area contributed by atoms with Gasteiger partial charge in [0.2, 0.25) is 0 Å². The molecule has 1 aliphatic rings. The minimum Gasteiger partial charge on any atom is -0.497 e. The van der Waals surface area contributed by atoms with Crippen LogP contribution in [0.15, 0.2) is 54.6 Å². The van der Waals surface area contributed by atoms with Crippen LogP contribution in [0.5, 0.6) is 11.5 Å². The van der Waals surface area contributed by atoms with E-state index in [1.54, 1.807) is 14.2 Å². The first kappa shape index (κ1) is 18.4. The monoisotopic (exact) mass is 375 g/mol. The third kappa shape index (κ3) is 3.42. The quantitative estimate of drug-likeness (QED) is 0.581. The molecule has 28 heavy (non-hydrogen) atoms. The number of ketones is 1. The molecule has 1 aromatic heterocycles. The molecule has 0 radical (unpaired) electrons. The van der Waals surface area contributed by atoms with Gasteiger partial charge in [0.15, 0.2) is 5.78 Å². The van der Waals surface area contributed by atoms with E-state index in [-0.39, 0.29) is 5.78 Å². The first-order valence-electron chi connectivity index (χ1n) is 9.73. The van der Waals surface area contributed by atoms with Crippen molar-refractivity contribution in [2.75, 3.05) is 14.2 Å². The highest BCUT2D eigenvalue weighted by Gasteiger charge is 2.23. The van der Waals surface area contributed by atoms with E-state index in [4.69, 9.17) is 9.47 Å². The summed E-state index contributed by atoms with van der Waals surface area (Å²) in [5.41, 5.74) is 5.29. The van der Waals surface area contributed by atoms with Crippen molar-refractivity contribution in [2.45, 2.75) is 32.2 Å². The number of benzene rings is 2. The van der Waals surface area contributed by atoms with Crippen LogP contribution in [0.3, 0.4) is 0 Å². The number of fused-ring (bicyclic) bond motifs is 1. The first-order valence-corrected chi connectivity index (χ1v) is 9.73. The predicted octanol–water partition coefficient (Wildman–Crippen LogP) is 5.13. The number of Topliss-reactive ketones (excluding diaryl/α,β-unsaturated/α-hetero) is 1. The number of methoxy groups -OCH3 is 2. The minimum atomic E-state index is 0.255. The molecule has 0 spiro atoms. The maximum atomic E-state index is 12.7. The van der Waals surface area contributed by atoms with E-state index in [1.807, 2.05) is 36.4 Å². The average molecular weight is 375 g/mol. The van der Waals surface area contributed by atoms with E-state index in [2.05, 4.69) is 22.8 Å². The smallest absolute Gasteiger partial charge is 0.164 e. The molecule has 0 amide bonds. The van der Waals surface area contributed by atoms with Gasteiger partial charge in [0.1, 0.15) is 11.5 Å². The Morgan fingerprint density at radius 2 is 1.71 bits per heavy atom. The van der Waals surface area contributed by atoms with E-state index >= 15 is 0 Å². The van der Waals surface area contributed by atoms with Crippen LogP contribution in [0.1, 0.15) is 40.9 Å². The molecule has 0 bridgehead atoms. The number of rotatable bonds is 5. The van der Waals surface area contributed by atoms with Gasteiger partial charge in [0.25, 0.3) is 0 Å². The van der Waals surface area contributed by atoms with Gasteiger partial charge in [-0.2, -0.15) is 0 Å². The number of ether oxygens (including phenoxy) is 2. The van der Waals surface area contributed by atoms with Crippen molar-refractivity contribution in [2.24, 2.45) is 0 Å². The number of aromatic nitrogens is 1. The Morgan fingerprint density at radius 3 is 2.46 bits per heavy atom. The number of carbonyl (C=O) groups excluding carboxylic acids is 1. The molecule has 0 aliphatic heterocycles. The summed E-state index contributed by atoms with van der Waals surface area (Å²) in [6, 6.07) is 18.3. The van der Waals surface area contributed by atoms with Gasteiger partial charge in [-0.25, -0.2) is 0 Å². The highest BCUT2D eigenvalue weighted by molar-refractivity contribution is 5.99. The molecule has 0 saturated carbocycles. The van der Waals surface area contributed by atoms with Crippen molar-refractivity contribution < 1.29 is 14.3 Å². The molecule has 4 nitrogen and oxygen atoms in total. The summed E-state index contributed by atoms with van der Waals surface area (Å²) in [6.07, 6.45) is 3.56. The van der Waals surface area contributed by atoms with E-state index in [9.17, 15) is 4.79 Å². The fourth-order valence-electron chi connectivity index (χ4n) is 3.99. The van der Waals surface area contributed by atoms with Crippen molar-refractivity contribution in [1.29, 1.82) is 0 Å². The minimum absolute atomic E-state index is 0.255. The van der Waals surface area contributed by atoms with Gasteiger partial charge in [-0.15, -0.1) is 0 Å². The summed E-state index contributed by atoms with van der Waals surface area (Å²) in [4.78, 5) is 12.7. The fourth-order valence-corrected chi connectivity index (χ4v) is 3.99. The maximum Gasteiger partial charge on any atom is 0.164 e. The average Bonchev–Trinajstić information content (AvgIpc) is 2.99. The molecule has 2 aromatic carbocycles. The lowest BCUT2D eigenvalue weighted by molar-refractivity contribution is 0.0982. The van der Waals surface area contributed by atoms with Crippen LogP contribution in [0.25, 0.3) is 11.3 Å². The normalized spacial score (nSPS) is 13.7. The lowest BCUT2D eigenvalue weighted by Crippen LogP contribution is -2.09. The summed E-state index contributed by atoms with van der Waals surface area (Å²) >= 11 is 0. The van der Waals surface area contributed by atoms with Crippen LogP contribution in [0.2, 0.25) is 0 Å². The SMILES string of the molecule is COc1ccc(Cn2c(-c3ccccc3)cc3c2CCCCC3=O)c(OC)c1. The van der Waals surface area contributed by atoms with Crippen LogP contribution < -0.4 is 9.47 Å². The van der Waals surface area contributed by atoms with E-state index in [0.29, 0.717) is 13.0 Å². The lowest BCUT2D eigenvalue weighted by atomic mass is 10.1. The molecule has 1 aliphatic carbocycles. The Bertz CT molecular complexity index is 989. The topological polar surface area (TPSA) is 40.5 Å². The highest BCUT2D eigenvalue weighted by atomic mass is 16.5. The third-order valence-corrected chi connectivity index (χ3v) is 5.47. The fraction of sp³-hybridized carbons (Fsp3) is 0.292. The Morgan fingerprint density at radius 1 is 0.929 bits per heavy atom. The zero-order valence-corrected chi connectivity index (χ0v) is 16.4. The van der Waals surface area contributed by atoms with Crippen LogP contribution in [-0.4, -0.2) is 24.6 Å². The number of carbonyl (C=O) groups is 1. The van der Waals surface area contributed by atoms with Crippen molar-refractivity contribution in [3.63, 3.8) is 0 Å². The van der Waals surface area contributed by atoms with Crippen LogP contribution in [0.4, 0.5) is 0 Å². The van der Waals surface area contributed by atoms with Gasteiger partial charge in [0.05, 0.1) is 20.8 Å². The molecule has 1 heterocycles. The van der Waals surface area contributed by atoms with Gasteiger partial charge >= 0.3 is 0 Å². The second-order valence-electron chi connectivity index (χ2n) is 7.15. The zero-order valence-electron chi connectivity index (χ0n) is 16.4. The first-order chi connectivity index (χ1) is 13.7. The summed E-state index contributed by atoms with van der Waals surface area (Å²) in [7, 11) is 3.33. The Kier molecular flexibility index (Phi) is 5.20. The van der Waals surface area contributed by atoms with Gasteiger partial charge in [-0.1, -0.05) is 30.3 Å². The molecule has 3 aromatic rings. The van der Waals surface area contributed by atoms with E-state index < -0.39 is 0 Å². The summed E-state index contributed by atoms with van der Waals surface area (Å²) in [5.74, 6) is 1.82. The van der Waals surface area contributed by atoms with Crippen molar-refractivity contribution in [3.05, 3.63) is 71.4 Å². The molecule has 0 atom stereocenters. The molecule has 4 rings (SSSR count). The second kappa shape index (κ2) is 7.93. The summed E-state index contributed by atoms with van der Waals surface area (Å²) < 4.78 is 13.2. The molecule has 4 heteroatoms. The molecular formula is C24H25NO3.